The molecule has 0 unspecified atom stereocenters. The smallest absolute Gasteiger partial charge is 0.338 e. The molecule has 26 heavy (non-hydrogen) atoms. The van der Waals surface area contributed by atoms with Crippen molar-refractivity contribution in [2.24, 2.45) is 0 Å². The van der Waals surface area contributed by atoms with Crippen molar-refractivity contribution in [1.82, 2.24) is 9.97 Å². The molecule has 5 nitrogen and oxygen atoms in total. The molecular weight excluding hydrogens is 420 g/mol. The lowest BCUT2D eigenvalue weighted by molar-refractivity contribution is 0.320. The van der Waals surface area contributed by atoms with Crippen molar-refractivity contribution in [2.45, 2.75) is 3.98 Å². The van der Waals surface area contributed by atoms with Crippen LogP contribution in [-0.4, -0.2) is 13.9 Å². The molecule has 0 atom stereocenters. The molecule has 0 saturated carbocycles. The first-order valence-corrected chi connectivity index (χ1v) is 8.87. The van der Waals surface area contributed by atoms with Crippen LogP contribution < -0.4 is 10.1 Å². The number of halogens is 4. The molecule has 0 spiro atoms. The summed E-state index contributed by atoms with van der Waals surface area (Å²) < 4.78 is 8.97. The van der Waals surface area contributed by atoms with Gasteiger partial charge in [-0.2, -0.15) is 4.98 Å². The third kappa shape index (κ3) is 3.76. The fraction of sp³-hybridized carbons (Fsp3) is 0.0588. The molecule has 0 fully saturated rings. The number of fused-ring (bicyclic) bond motifs is 2. The maximum Gasteiger partial charge on any atom is 0.338 e. The highest BCUT2D eigenvalue weighted by atomic mass is 35.6. The zero-order valence-corrected chi connectivity index (χ0v) is 15.9. The van der Waals surface area contributed by atoms with Crippen molar-refractivity contribution in [3.8, 4) is 5.75 Å². The van der Waals surface area contributed by atoms with Gasteiger partial charge in [0.2, 0.25) is 0 Å². The minimum atomic E-state index is -1.86. The van der Waals surface area contributed by atoms with Gasteiger partial charge in [0.25, 0.3) is 0 Å². The summed E-state index contributed by atoms with van der Waals surface area (Å²) in [7, 11) is 0. The third-order valence-electron chi connectivity index (χ3n) is 3.50. The second kappa shape index (κ2) is 6.67. The van der Waals surface area contributed by atoms with Crippen LogP contribution in [0.5, 0.6) is 5.75 Å². The van der Waals surface area contributed by atoms with Gasteiger partial charge < -0.3 is 9.15 Å². The van der Waals surface area contributed by atoms with Gasteiger partial charge >= 0.3 is 9.99 Å². The van der Waals surface area contributed by atoms with E-state index in [2.05, 4.69) is 15.3 Å². The topological polar surface area (TPSA) is 60.2 Å². The molecule has 2 aromatic heterocycles. The number of benzene rings is 2. The molecule has 2 heterocycles. The highest BCUT2D eigenvalue weighted by Crippen LogP contribution is 2.33. The third-order valence-corrected chi connectivity index (χ3v) is 4.04. The molecule has 0 bridgehead atoms. The van der Waals surface area contributed by atoms with E-state index in [1.54, 1.807) is 24.3 Å². The van der Waals surface area contributed by atoms with Crippen molar-refractivity contribution in [3.05, 3.63) is 53.6 Å². The molecule has 1 N–H and O–H groups in total. The number of para-hydroxylation sites is 1. The zero-order valence-electron chi connectivity index (χ0n) is 12.8. The van der Waals surface area contributed by atoms with Gasteiger partial charge in [-0.15, -0.1) is 0 Å². The van der Waals surface area contributed by atoms with Gasteiger partial charge in [-0.3, -0.25) is 5.32 Å². The van der Waals surface area contributed by atoms with Crippen LogP contribution in [0.3, 0.4) is 0 Å². The Hall–Kier alpha value is -1.92. The average molecular weight is 429 g/mol. The number of rotatable bonds is 3. The number of oxazole rings is 1. The molecule has 0 amide bonds. The molecule has 4 aromatic rings. The van der Waals surface area contributed by atoms with Gasteiger partial charge in [0.15, 0.2) is 5.58 Å². The first-order chi connectivity index (χ1) is 12.4. The van der Waals surface area contributed by atoms with Crippen molar-refractivity contribution in [2.75, 3.05) is 5.32 Å². The predicted octanol–water partition coefficient (Wildman–Crippen LogP) is 6.48. The van der Waals surface area contributed by atoms with Crippen LogP contribution in [0.4, 0.5) is 11.8 Å². The Morgan fingerprint density at radius 2 is 1.85 bits per heavy atom. The summed E-state index contributed by atoms with van der Waals surface area (Å²) in [5.74, 6) is 0.894. The fourth-order valence-corrected chi connectivity index (χ4v) is 2.94. The number of nitrogens with zero attached hydrogens (tertiary/aromatic N) is 2. The van der Waals surface area contributed by atoms with Gasteiger partial charge in [0.05, 0.1) is 10.5 Å². The van der Waals surface area contributed by atoms with Crippen LogP contribution >= 0.6 is 46.4 Å². The van der Waals surface area contributed by atoms with Gasteiger partial charge in [0, 0.05) is 11.5 Å². The Morgan fingerprint density at radius 3 is 2.65 bits per heavy atom. The highest BCUT2D eigenvalue weighted by Gasteiger charge is 2.22. The number of pyridine rings is 1. The molecular formula is C17H9Cl4N3O2. The summed E-state index contributed by atoms with van der Waals surface area (Å²) >= 11 is 23.1. The average Bonchev–Trinajstić information content (AvgIpc) is 2.95. The molecule has 0 saturated heterocycles. The van der Waals surface area contributed by atoms with Crippen LogP contribution in [0, 0.1) is 0 Å². The highest BCUT2D eigenvalue weighted by molar-refractivity contribution is 6.66. The monoisotopic (exact) mass is 427 g/mol. The summed E-state index contributed by atoms with van der Waals surface area (Å²) in [5.41, 5.74) is 1.77. The molecule has 0 aliphatic carbocycles. The van der Waals surface area contributed by atoms with E-state index < -0.39 is 3.98 Å². The predicted molar refractivity (Wildman–Crippen MR) is 105 cm³/mol. The number of aromatic nitrogens is 2. The van der Waals surface area contributed by atoms with Gasteiger partial charge in [-0.1, -0.05) is 23.7 Å². The largest absolute Gasteiger partial charge is 0.445 e. The normalized spacial score (nSPS) is 11.8. The number of nitrogens with one attached hydrogen (secondary N) is 1. The number of alkyl halides is 3. The van der Waals surface area contributed by atoms with E-state index in [-0.39, 0.29) is 6.01 Å². The number of ether oxygens (including phenoxy) is 1. The molecule has 2 aromatic carbocycles. The van der Waals surface area contributed by atoms with E-state index in [9.17, 15) is 0 Å². The van der Waals surface area contributed by atoms with Crippen molar-refractivity contribution >= 4 is 80.2 Å². The SMILES string of the molecule is Clc1cccc2ccc(Nc3nc4ccc(OC(Cl)(Cl)Cl)cc4o3)nc12. The first kappa shape index (κ1) is 17.5. The number of hydrogen-bond acceptors (Lipinski definition) is 5. The lowest BCUT2D eigenvalue weighted by atomic mass is 10.2. The van der Waals surface area contributed by atoms with Crippen LogP contribution in [0.15, 0.2) is 52.9 Å². The Morgan fingerprint density at radius 1 is 1.00 bits per heavy atom. The van der Waals surface area contributed by atoms with E-state index in [1.165, 1.54) is 0 Å². The summed E-state index contributed by atoms with van der Waals surface area (Å²) in [6.45, 7) is 0. The summed E-state index contributed by atoms with van der Waals surface area (Å²) in [6.07, 6.45) is 0. The Kier molecular flexibility index (Phi) is 4.49. The second-order valence-electron chi connectivity index (χ2n) is 5.33. The summed E-state index contributed by atoms with van der Waals surface area (Å²) in [6, 6.07) is 14.5. The van der Waals surface area contributed by atoms with Crippen LogP contribution in [0.1, 0.15) is 0 Å². The molecule has 4 rings (SSSR count). The molecule has 9 heteroatoms. The van der Waals surface area contributed by atoms with Gasteiger partial charge in [0.1, 0.15) is 17.1 Å². The fourth-order valence-electron chi connectivity index (χ4n) is 2.45. The molecule has 132 valence electrons. The van der Waals surface area contributed by atoms with E-state index in [0.717, 1.165) is 5.39 Å². The van der Waals surface area contributed by atoms with Crippen LogP contribution in [0.2, 0.25) is 5.02 Å². The van der Waals surface area contributed by atoms with E-state index in [0.29, 0.717) is 33.2 Å². The van der Waals surface area contributed by atoms with Crippen molar-refractivity contribution in [1.29, 1.82) is 0 Å². The van der Waals surface area contributed by atoms with E-state index >= 15 is 0 Å². The molecule has 0 aliphatic heterocycles. The number of hydrogen-bond donors (Lipinski definition) is 1. The van der Waals surface area contributed by atoms with Crippen LogP contribution in [0.25, 0.3) is 22.0 Å². The summed E-state index contributed by atoms with van der Waals surface area (Å²) in [4.78, 5) is 8.83. The standard InChI is InChI=1S/C17H9Cl4N3O2/c18-11-3-1-2-9-4-7-14(23-15(9)11)24-16-22-12-6-5-10(8-13(12)25-16)26-17(19,20)21/h1-8H,(H,22,23,24). The van der Waals surface area contributed by atoms with Gasteiger partial charge in [-0.05, 0) is 65.1 Å². The van der Waals surface area contributed by atoms with Crippen molar-refractivity contribution in [3.63, 3.8) is 0 Å². The first-order valence-electron chi connectivity index (χ1n) is 7.36. The lowest BCUT2D eigenvalue weighted by Crippen LogP contribution is -2.12. The summed E-state index contributed by atoms with van der Waals surface area (Å²) in [5, 5.41) is 4.52. The van der Waals surface area contributed by atoms with E-state index in [1.807, 2.05) is 24.3 Å². The van der Waals surface area contributed by atoms with Gasteiger partial charge in [-0.25, -0.2) is 4.98 Å². The maximum absolute atomic E-state index is 6.19. The Labute approximate surface area is 167 Å². The minimum Gasteiger partial charge on any atom is -0.445 e. The Balaban J connectivity index is 1.64. The van der Waals surface area contributed by atoms with E-state index in [4.69, 9.17) is 55.6 Å². The lowest BCUT2D eigenvalue weighted by Gasteiger charge is -2.12. The molecule has 0 radical (unpaired) electrons. The molecule has 0 aliphatic rings. The second-order valence-corrected chi connectivity index (χ2v) is 7.91. The quantitative estimate of drug-likeness (QED) is 0.378. The van der Waals surface area contributed by atoms with Crippen molar-refractivity contribution < 1.29 is 9.15 Å². The Bertz CT molecular complexity index is 1110. The maximum atomic E-state index is 6.19. The van der Waals surface area contributed by atoms with Crippen LogP contribution in [-0.2, 0) is 0 Å². The number of anilines is 2. The zero-order chi connectivity index (χ0) is 18.3. The minimum absolute atomic E-state index is 0.268.